The second-order valence-corrected chi connectivity index (χ2v) is 4.94. The fraction of sp³-hybridized carbons (Fsp3) is 0.600. The molecular weight excluding hydrogens is 248 g/mol. The molecule has 0 radical (unpaired) electrons. The van der Waals surface area contributed by atoms with Gasteiger partial charge in [-0.05, 0) is 31.0 Å². The molecule has 0 aliphatic carbocycles. The van der Waals surface area contributed by atoms with Crippen LogP contribution < -0.4 is 5.32 Å². The van der Waals surface area contributed by atoms with Crippen LogP contribution in [0.15, 0.2) is 18.2 Å². The molecule has 0 amide bonds. The van der Waals surface area contributed by atoms with Gasteiger partial charge in [0, 0.05) is 18.2 Å². The van der Waals surface area contributed by atoms with Crippen LogP contribution >= 0.6 is 0 Å². The summed E-state index contributed by atoms with van der Waals surface area (Å²) in [6.45, 7) is 6.21. The van der Waals surface area contributed by atoms with Crippen LogP contribution in [0.4, 0.5) is 8.78 Å². The zero-order valence-corrected chi connectivity index (χ0v) is 11.8. The first-order valence-corrected chi connectivity index (χ1v) is 6.85. The molecule has 1 aromatic rings. The first-order valence-electron chi connectivity index (χ1n) is 6.85. The van der Waals surface area contributed by atoms with Crippen LogP contribution in [0, 0.1) is 17.6 Å². The minimum Gasteiger partial charge on any atom is -0.392 e. The highest BCUT2D eigenvalue weighted by Gasteiger charge is 2.18. The van der Waals surface area contributed by atoms with Crippen LogP contribution in [0.25, 0.3) is 0 Å². The molecule has 0 saturated heterocycles. The van der Waals surface area contributed by atoms with E-state index in [1.165, 1.54) is 6.07 Å². The number of rotatable bonds is 7. The molecule has 2 N–H and O–H groups in total. The Hall–Kier alpha value is -1.00. The van der Waals surface area contributed by atoms with Gasteiger partial charge in [-0.15, -0.1) is 0 Å². The van der Waals surface area contributed by atoms with Crippen molar-refractivity contribution in [3.8, 4) is 0 Å². The van der Waals surface area contributed by atoms with Gasteiger partial charge in [-0.2, -0.15) is 0 Å². The van der Waals surface area contributed by atoms with Gasteiger partial charge in [0.05, 0.1) is 6.10 Å². The molecule has 0 saturated carbocycles. The molecule has 1 rings (SSSR count). The van der Waals surface area contributed by atoms with Crippen LogP contribution in [0.1, 0.15) is 45.2 Å². The van der Waals surface area contributed by atoms with Gasteiger partial charge in [0.25, 0.3) is 0 Å². The predicted octanol–water partition coefficient (Wildman–Crippen LogP) is 3.41. The number of benzene rings is 1. The average molecular weight is 271 g/mol. The van der Waals surface area contributed by atoms with Crippen molar-refractivity contribution in [1.29, 1.82) is 0 Å². The lowest BCUT2D eigenvalue weighted by Gasteiger charge is -2.23. The van der Waals surface area contributed by atoms with E-state index in [0.717, 1.165) is 25.0 Å². The van der Waals surface area contributed by atoms with Gasteiger partial charge >= 0.3 is 0 Å². The van der Waals surface area contributed by atoms with E-state index in [1.54, 1.807) is 6.92 Å². The highest BCUT2D eigenvalue weighted by molar-refractivity contribution is 5.21. The second-order valence-electron chi connectivity index (χ2n) is 4.94. The third kappa shape index (κ3) is 4.55. The molecule has 0 aromatic heterocycles. The van der Waals surface area contributed by atoms with Gasteiger partial charge < -0.3 is 10.4 Å². The Kier molecular flexibility index (Phi) is 6.38. The molecule has 0 aliphatic rings. The van der Waals surface area contributed by atoms with E-state index in [0.29, 0.717) is 6.54 Å². The summed E-state index contributed by atoms with van der Waals surface area (Å²) in [5.41, 5.74) is 0.289. The summed E-state index contributed by atoms with van der Waals surface area (Å²) in [7, 11) is 0. The van der Waals surface area contributed by atoms with Crippen molar-refractivity contribution >= 4 is 0 Å². The maximum absolute atomic E-state index is 13.6. The van der Waals surface area contributed by atoms with Crippen LogP contribution in [-0.2, 0) is 0 Å². The van der Waals surface area contributed by atoms with Crippen molar-refractivity contribution in [1.82, 2.24) is 5.32 Å². The number of hydrogen-bond donors (Lipinski definition) is 2. The summed E-state index contributed by atoms with van der Waals surface area (Å²) in [5.74, 6) is -0.652. The van der Waals surface area contributed by atoms with Crippen LogP contribution in [0.3, 0.4) is 0 Å². The molecule has 0 spiro atoms. The summed E-state index contributed by atoms with van der Waals surface area (Å²) in [6.07, 6.45) is 1.35. The van der Waals surface area contributed by atoms with Crippen molar-refractivity contribution in [2.45, 2.75) is 45.8 Å². The highest BCUT2D eigenvalue weighted by Crippen LogP contribution is 2.19. The third-order valence-corrected chi connectivity index (χ3v) is 3.65. The molecule has 4 heteroatoms. The molecule has 0 heterocycles. The summed E-state index contributed by atoms with van der Waals surface area (Å²) < 4.78 is 26.7. The summed E-state index contributed by atoms with van der Waals surface area (Å²) in [4.78, 5) is 0. The Balaban J connectivity index is 2.60. The van der Waals surface area contributed by atoms with E-state index in [1.807, 2.05) is 13.8 Å². The lowest BCUT2D eigenvalue weighted by molar-refractivity contribution is 0.0987. The molecule has 0 aliphatic heterocycles. The molecule has 108 valence electrons. The van der Waals surface area contributed by atoms with E-state index in [9.17, 15) is 13.9 Å². The van der Waals surface area contributed by atoms with E-state index >= 15 is 0 Å². The number of halogens is 2. The Labute approximate surface area is 113 Å². The standard InChI is InChI=1S/C15H23F2NO/c1-4-11(5-2)15(19)9-18-10(3)13-8-12(16)6-7-14(13)17/h6-8,10-11,15,18-19H,4-5,9H2,1-3H3. The minimum absolute atomic E-state index is 0.233. The van der Waals surface area contributed by atoms with Gasteiger partial charge in [0.2, 0.25) is 0 Å². The molecule has 2 atom stereocenters. The molecule has 1 aromatic carbocycles. The third-order valence-electron chi connectivity index (χ3n) is 3.65. The minimum atomic E-state index is -0.464. The fourth-order valence-electron chi connectivity index (χ4n) is 2.25. The molecule has 0 bridgehead atoms. The number of nitrogens with one attached hydrogen (secondary N) is 1. The monoisotopic (exact) mass is 271 g/mol. The Bertz CT molecular complexity index is 394. The maximum Gasteiger partial charge on any atom is 0.128 e. The van der Waals surface area contributed by atoms with Gasteiger partial charge in [-0.1, -0.05) is 26.7 Å². The smallest absolute Gasteiger partial charge is 0.128 e. The van der Waals surface area contributed by atoms with Crippen molar-refractivity contribution in [2.24, 2.45) is 5.92 Å². The van der Waals surface area contributed by atoms with Crippen LogP contribution in [0.5, 0.6) is 0 Å². The van der Waals surface area contributed by atoms with Crippen molar-refractivity contribution < 1.29 is 13.9 Å². The summed E-state index contributed by atoms with van der Waals surface area (Å²) >= 11 is 0. The summed E-state index contributed by atoms with van der Waals surface area (Å²) in [6, 6.07) is 3.08. The first kappa shape index (κ1) is 16.1. The van der Waals surface area contributed by atoms with Crippen LogP contribution in [-0.4, -0.2) is 17.8 Å². The molecular formula is C15H23F2NO. The quantitative estimate of drug-likeness (QED) is 0.796. The number of hydrogen-bond acceptors (Lipinski definition) is 2. The van der Waals surface area contributed by atoms with Gasteiger partial charge in [0.15, 0.2) is 0 Å². The zero-order chi connectivity index (χ0) is 14.4. The lowest BCUT2D eigenvalue weighted by atomic mass is 9.96. The Morgan fingerprint density at radius 2 is 1.84 bits per heavy atom. The topological polar surface area (TPSA) is 32.3 Å². The van der Waals surface area contributed by atoms with Crippen molar-refractivity contribution in [3.05, 3.63) is 35.4 Å². The SMILES string of the molecule is CCC(CC)C(O)CNC(C)c1cc(F)ccc1F. The summed E-state index contributed by atoms with van der Waals surface area (Å²) in [5, 5.41) is 13.1. The lowest BCUT2D eigenvalue weighted by Crippen LogP contribution is -2.34. The van der Waals surface area contributed by atoms with E-state index in [4.69, 9.17) is 0 Å². The Morgan fingerprint density at radius 3 is 2.42 bits per heavy atom. The normalized spacial score (nSPS) is 14.7. The van der Waals surface area contributed by atoms with Gasteiger partial charge in [-0.25, -0.2) is 8.78 Å². The molecule has 19 heavy (non-hydrogen) atoms. The Morgan fingerprint density at radius 1 is 1.21 bits per heavy atom. The van der Waals surface area contributed by atoms with Crippen molar-refractivity contribution in [3.63, 3.8) is 0 Å². The van der Waals surface area contributed by atoms with E-state index in [-0.39, 0.29) is 17.5 Å². The second kappa shape index (κ2) is 7.56. The van der Waals surface area contributed by atoms with E-state index in [2.05, 4.69) is 5.32 Å². The van der Waals surface area contributed by atoms with Gasteiger partial charge in [-0.3, -0.25) is 0 Å². The number of aliphatic hydroxyl groups is 1. The first-order chi connectivity index (χ1) is 8.99. The van der Waals surface area contributed by atoms with Crippen LogP contribution in [0.2, 0.25) is 0 Å². The molecule has 0 fully saturated rings. The average Bonchev–Trinajstić information content (AvgIpc) is 2.40. The van der Waals surface area contributed by atoms with Crippen molar-refractivity contribution in [2.75, 3.05) is 6.54 Å². The van der Waals surface area contributed by atoms with E-state index < -0.39 is 17.7 Å². The molecule has 2 unspecified atom stereocenters. The largest absolute Gasteiger partial charge is 0.392 e. The van der Waals surface area contributed by atoms with Gasteiger partial charge in [0.1, 0.15) is 11.6 Å². The predicted molar refractivity (Wildman–Crippen MR) is 72.9 cm³/mol. The maximum atomic E-state index is 13.6. The highest BCUT2D eigenvalue weighted by atomic mass is 19.1. The zero-order valence-electron chi connectivity index (χ0n) is 11.8. The fourth-order valence-corrected chi connectivity index (χ4v) is 2.25. The number of aliphatic hydroxyl groups excluding tert-OH is 1. The molecule has 2 nitrogen and oxygen atoms in total.